The summed E-state index contributed by atoms with van der Waals surface area (Å²) in [5, 5.41) is 16.9. The second-order valence-corrected chi connectivity index (χ2v) is 2.19. The van der Waals surface area contributed by atoms with Gasteiger partial charge in [-0.25, -0.2) is 9.59 Å². The van der Waals surface area contributed by atoms with Crippen LogP contribution in [0.15, 0.2) is 24.3 Å². The first-order chi connectivity index (χ1) is 5.61. The Kier molecular flexibility index (Phi) is 3.65. The minimum Gasteiger partial charge on any atom is -0.478 e. The zero-order valence-corrected chi connectivity index (χ0v) is 6.02. The van der Waals surface area contributed by atoms with Gasteiger partial charge in [0.25, 0.3) is 0 Å². The SMILES string of the molecule is C.O=C(O)c1ccc(C(=O)O)cc1. The topological polar surface area (TPSA) is 74.6 Å². The second-order valence-electron chi connectivity index (χ2n) is 2.19. The van der Waals surface area contributed by atoms with Gasteiger partial charge in [-0.2, -0.15) is 0 Å². The van der Waals surface area contributed by atoms with E-state index in [-0.39, 0.29) is 18.6 Å². The van der Waals surface area contributed by atoms with Crippen LogP contribution in [-0.2, 0) is 0 Å². The van der Waals surface area contributed by atoms with Crippen LogP contribution in [-0.4, -0.2) is 22.2 Å². The highest BCUT2D eigenvalue weighted by Crippen LogP contribution is 2.03. The third-order valence-corrected chi connectivity index (χ3v) is 1.38. The van der Waals surface area contributed by atoms with Gasteiger partial charge in [0.05, 0.1) is 11.1 Å². The monoisotopic (exact) mass is 182 g/mol. The Morgan fingerprint density at radius 2 is 1.08 bits per heavy atom. The Balaban J connectivity index is 0.00000144. The van der Waals surface area contributed by atoms with Crippen LogP contribution in [0.1, 0.15) is 28.1 Å². The Morgan fingerprint density at radius 1 is 0.846 bits per heavy atom. The molecule has 13 heavy (non-hydrogen) atoms. The smallest absolute Gasteiger partial charge is 0.335 e. The minimum atomic E-state index is -1.06. The van der Waals surface area contributed by atoms with Gasteiger partial charge >= 0.3 is 11.9 Å². The Hall–Kier alpha value is -1.84. The third-order valence-electron chi connectivity index (χ3n) is 1.38. The van der Waals surface area contributed by atoms with E-state index in [1.54, 1.807) is 0 Å². The van der Waals surface area contributed by atoms with Gasteiger partial charge < -0.3 is 10.2 Å². The lowest BCUT2D eigenvalue weighted by Crippen LogP contribution is -1.99. The Bertz CT molecular complexity index is 280. The van der Waals surface area contributed by atoms with Crippen LogP contribution in [0.3, 0.4) is 0 Å². The first kappa shape index (κ1) is 11.2. The molecule has 0 aliphatic carbocycles. The molecule has 0 aliphatic heterocycles. The number of aromatic carboxylic acids is 2. The summed E-state index contributed by atoms with van der Waals surface area (Å²) in [6.07, 6.45) is 0. The number of hydrogen-bond acceptors (Lipinski definition) is 2. The maximum Gasteiger partial charge on any atom is 0.335 e. The maximum absolute atomic E-state index is 10.3. The van der Waals surface area contributed by atoms with E-state index in [4.69, 9.17) is 10.2 Å². The fourth-order valence-electron chi connectivity index (χ4n) is 0.755. The largest absolute Gasteiger partial charge is 0.478 e. The zero-order valence-electron chi connectivity index (χ0n) is 6.02. The molecule has 0 fully saturated rings. The number of rotatable bonds is 2. The van der Waals surface area contributed by atoms with Crippen LogP contribution in [0.4, 0.5) is 0 Å². The van der Waals surface area contributed by atoms with Crippen LogP contribution in [0.5, 0.6) is 0 Å². The second kappa shape index (κ2) is 4.25. The summed E-state index contributed by atoms with van der Waals surface area (Å²) >= 11 is 0. The van der Waals surface area contributed by atoms with Crippen LogP contribution in [0.25, 0.3) is 0 Å². The standard InChI is InChI=1S/C8H6O4.CH4/c9-7(10)5-1-2-6(4-3-5)8(11)12;/h1-4H,(H,9,10)(H,11,12);1H4. The van der Waals surface area contributed by atoms with Gasteiger partial charge in [-0.05, 0) is 24.3 Å². The lowest BCUT2D eigenvalue weighted by atomic mass is 10.1. The summed E-state index contributed by atoms with van der Waals surface area (Å²) in [5.41, 5.74) is 0.167. The molecule has 4 nitrogen and oxygen atoms in total. The number of carbonyl (C=O) groups is 2. The highest BCUT2D eigenvalue weighted by Gasteiger charge is 2.04. The number of benzene rings is 1. The summed E-state index contributed by atoms with van der Waals surface area (Å²) in [6.45, 7) is 0. The number of carboxylic acids is 2. The van der Waals surface area contributed by atoms with Crippen LogP contribution in [0.2, 0.25) is 0 Å². The highest BCUT2D eigenvalue weighted by molar-refractivity contribution is 5.91. The average molecular weight is 182 g/mol. The van der Waals surface area contributed by atoms with Gasteiger partial charge in [0, 0.05) is 0 Å². The molecule has 0 aromatic heterocycles. The predicted molar refractivity (Wildman–Crippen MR) is 47.1 cm³/mol. The van der Waals surface area contributed by atoms with E-state index in [1.165, 1.54) is 24.3 Å². The van der Waals surface area contributed by atoms with Crippen molar-refractivity contribution in [1.29, 1.82) is 0 Å². The van der Waals surface area contributed by atoms with Crippen molar-refractivity contribution >= 4 is 11.9 Å². The summed E-state index contributed by atoms with van der Waals surface area (Å²) in [6, 6.07) is 5.02. The molecular formula is C9H10O4. The molecule has 0 saturated heterocycles. The van der Waals surface area contributed by atoms with E-state index in [9.17, 15) is 9.59 Å². The lowest BCUT2D eigenvalue weighted by molar-refractivity contribution is 0.0681. The van der Waals surface area contributed by atoms with Gasteiger partial charge in [0.15, 0.2) is 0 Å². The van der Waals surface area contributed by atoms with Crippen LogP contribution in [0, 0.1) is 0 Å². The van der Waals surface area contributed by atoms with Gasteiger partial charge in [0.1, 0.15) is 0 Å². The molecular weight excluding hydrogens is 172 g/mol. The van der Waals surface area contributed by atoms with Gasteiger partial charge in [0.2, 0.25) is 0 Å². The summed E-state index contributed by atoms with van der Waals surface area (Å²) < 4.78 is 0. The first-order valence-corrected chi connectivity index (χ1v) is 3.18. The summed E-state index contributed by atoms with van der Waals surface area (Å²) in [7, 11) is 0. The molecule has 0 aliphatic rings. The summed E-state index contributed by atoms with van der Waals surface area (Å²) in [5.74, 6) is -2.13. The van der Waals surface area contributed by atoms with E-state index < -0.39 is 11.9 Å². The van der Waals surface area contributed by atoms with Gasteiger partial charge in [-0.3, -0.25) is 0 Å². The van der Waals surface area contributed by atoms with E-state index in [1.807, 2.05) is 0 Å². The molecule has 4 heteroatoms. The fraction of sp³-hybridized carbons (Fsp3) is 0.111. The molecule has 1 aromatic carbocycles. The first-order valence-electron chi connectivity index (χ1n) is 3.18. The lowest BCUT2D eigenvalue weighted by Gasteiger charge is -1.94. The summed E-state index contributed by atoms with van der Waals surface area (Å²) in [4.78, 5) is 20.7. The molecule has 1 rings (SSSR count). The molecule has 2 N–H and O–H groups in total. The molecule has 0 bridgehead atoms. The molecule has 0 heterocycles. The van der Waals surface area contributed by atoms with Crippen molar-refractivity contribution in [3.8, 4) is 0 Å². The zero-order chi connectivity index (χ0) is 9.14. The van der Waals surface area contributed by atoms with Crippen LogP contribution >= 0.6 is 0 Å². The highest BCUT2D eigenvalue weighted by atomic mass is 16.4. The van der Waals surface area contributed by atoms with E-state index in [0.717, 1.165) is 0 Å². The van der Waals surface area contributed by atoms with E-state index in [0.29, 0.717) is 0 Å². The van der Waals surface area contributed by atoms with Crippen molar-refractivity contribution in [3.63, 3.8) is 0 Å². The third kappa shape index (κ3) is 2.59. The molecule has 70 valence electrons. The average Bonchev–Trinajstić information content (AvgIpc) is 2.04. The van der Waals surface area contributed by atoms with Crippen LogP contribution < -0.4 is 0 Å². The molecule has 1 aromatic rings. The van der Waals surface area contributed by atoms with Gasteiger partial charge in [-0.15, -0.1) is 0 Å². The Labute approximate surface area is 75.4 Å². The normalized spacial score (nSPS) is 8.62. The number of hydrogen-bond donors (Lipinski definition) is 2. The molecule has 0 amide bonds. The molecule has 0 atom stereocenters. The molecule has 0 spiro atoms. The number of carboxylic acid groups (broad SMARTS) is 2. The van der Waals surface area contributed by atoms with E-state index >= 15 is 0 Å². The Morgan fingerprint density at radius 3 is 1.23 bits per heavy atom. The quantitative estimate of drug-likeness (QED) is 0.730. The van der Waals surface area contributed by atoms with Crippen molar-refractivity contribution in [2.24, 2.45) is 0 Å². The minimum absolute atomic E-state index is 0. The molecule has 0 radical (unpaired) electrons. The molecule has 0 unspecified atom stereocenters. The predicted octanol–water partition coefficient (Wildman–Crippen LogP) is 1.72. The van der Waals surface area contributed by atoms with E-state index in [2.05, 4.69) is 0 Å². The fourth-order valence-corrected chi connectivity index (χ4v) is 0.755. The van der Waals surface area contributed by atoms with Crippen molar-refractivity contribution in [2.45, 2.75) is 7.43 Å². The van der Waals surface area contributed by atoms with Crippen molar-refractivity contribution in [2.75, 3.05) is 0 Å². The van der Waals surface area contributed by atoms with Gasteiger partial charge in [-0.1, -0.05) is 7.43 Å². The van der Waals surface area contributed by atoms with Crippen molar-refractivity contribution in [3.05, 3.63) is 35.4 Å². The van der Waals surface area contributed by atoms with Crippen molar-refractivity contribution in [1.82, 2.24) is 0 Å². The maximum atomic E-state index is 10.3. The van der Waals surface area contributed by atoms with Crippen molar-refractivity contribution < 1.29 is 19.8 Å². The molecule has 0 saturated carbocycles.